The van der Waals surface area contributed by atoms with E-state index in [1.165, 1.54) is 12.8 Å². The van der Waals surface area contributed by atoms with Crippen molar-refractivity contribution in [1.29, 1.82) is 0 Å². The first-order chi connectivity index (χ1) is 9.21. The molecule has 4 unspecified atom stereocenters. The number of hydrogen-bond donors (Lipinski definition) is 2. The van der Waals surface area contributed by atoms with Crippen LogP contribution in [0, 0.1) is 23.7 Å². The van der Waals surface area contributed by atoms with Crippen molar-refractivity contribution in [2.75, 3.05) is 6.54 Å². The van der Waals surface area contributed by atoms with Crippen LogP contribution in [-0.4, -0.2) is 40.3 Å². The van der Waals surface area contributed by atoms with Crippen molar-refractivity contribution in [1.82, 2.24) is 10.2 Å². The van der Waals surface area contributed by atoms with E-state index < -0.39 is 0 Å². The second-order valence-corrected chi connectivity index (χ2v) is 7.53. The number of amides is 2. The van der Waals surface area contributed by atoms with Crippen LogP contribution in [0.2, 0.25) is 0 Å². The zero-order valence-corrected chi connectivity index (χ0v) is 11.2. The van der Waals surface area contributed by atoms with Crippen LogP contribution in [0.5, 0.6) is 0 Å². The van der Waals surface area contributed by atoms with Crippen LogP contribution in [0.15, 0.2) is 0 Å². The van der Waals surface area contributed by atoms with E-state index in [0.29, 0.717) is 6.04 Å². The minimum absolute atomic E-state index is 0.111. The number of carbonyl (C=O) groups is 1. The van der Waals surface area contributed by atoms with Gasteiger partial charge in [-0.3, -0.25) is 0 Å². The van der Waals surface area contributed by atoms with Crippen molar-refractivity contribution in [2.45, 2.75) is 56.2 Å². The number of likely N-dealkylation sites (tertiary alicyclic amines) is 1. The third-order valence-electron chi connectivity index (χ3n) is 7.01. The van der Waals surface area contributed by atoms with Crippen LogP contribution in [0.3, 0.4) is 0 Å². The van der Waals surface area contributed by atoms with Crippen LogP contribution in [0.4, 0.5) is 4.79 Å². The molecular weight excluding hydrogens is 240 g/mol. The second-order valence-electron chi connectivity index (χ2n) is 7.53. The normalized spacial score (nSPS) is 51.5. The minimum Gasteiger partial charge on any atom is -0.391 e. The smallest absolute Gasteiger partial charge is 0.318 e. The maximum Gasteiger partial charge on any atom is 0.318 e. The highest BCUT2D eigenvalue weighted by Crippen LogP contribution is 2.70. The fourth-order valence-corrected chi connectivity index (χ4v) is 5.88. The lowest BCUT2D eigenvalue weighted by Crippen LogP contribution is -2.60. The Morgan fingerprint density at radius 2 is 2.00 bits per heavy atom. The van der Waals surface area contributed by atoms with E-state index in [9.17, 15) is 9.90 Å². The molecule has 0 aromatic carbocycles. The number of hydrogen-bond acceptors (Lipinski definition) is 2. The van der Waals surface area contributed by atoms with Gasteiger partial charge in [-0.15, -0.1) is 0 Å². The maximum atomic E-state index is 12.6. The quantitative estimate of drug-likeness (QED) is 0.749. The Kier molecular flexibility index (Phi) is 1.89. The largest absolute Gasteiger partial charge is 0.391 e. The average Bonchev–Trinajstić information content (AvgIpc) is 2.81. The summed E-state index contributed by atoms with van der Waals surface area (Å²) in [4.78, 5) is 14.6. The third-order valence-corrected chi connectivity index (χ3v) is 7.01. The van der Waals surface area contributed by atoms with Crippen molar-refractivity contribution < 1.29 is 9.90 Å². The number of nitrogens with one attached hydrogen (secondary N) is 1. The summed E-state index contributed by atoms with van der Waals surface area (Å²) in [6.07, 6.45) is 6.31. The predicted molar refractivity (Wildman–Crippen MR) is 69.4 cm³/mol. The molecule has 6 rings (SSSR count). The van der Waals surface area contributed by atoms with E-state index in [1.807, 2.05) is 4.90 Å². The van der Waals surface area contributed by atoms with Gasteiger partial charge in [0.1, 0.15) is 0 Å². The Balaban J connectivity index is 1.32. The molecule has 4 heteroatoms. The molecule has 1 aliphatic heterocycles. The van der Waals surface area contributed by atoms with Crippen molar-refractivity contribution >= 4 is 6.03 Å². The molecule has 6 aliphatic rings. The van der Waals surface area contributed by atoms with Gasteiger partial charge in [-0.25, -0.2) is 4.79 Å². The summed E-state index contributed by atoms with van der Waals surface area (Å²) < 4.78 is 0. The number of aliphatic hydroxyl groups excluding tert-OH is 1. The lowest BCUT2D eigenvalue weighted by atomic mass is 9.73. The fraction of sp³-hybridized carbons (Fsp3) is 0.933. The topological polar surface area (TPSA) is 52.6 Å². The summed E-state index contributed by atoms with van der Waals surface area (Å²) in [5.41, 5.74) is -0.200. The lowest BCUT2D eigenvalue weighted by Gasteiger charge is -2.47. The Morgan fingerprint density at radius 1 is 1.26 bits per heavy atom. The van der Waals surface area contributed by atoms with Gasteiger partial charge in [-0.2, -0.15) is 0 Å². The van der Waals surface area contributed by atoms with Gasteiger partial charge < -0.3 is 15.3 Å². The molecule has 2 amide bonds. The molecule has 4 atom stereocenters. The molecule has 19 heavy (non-hydrogen) atoms. The van der Waals surface area contributed by atoms with Gasteiger partial charge in [0.25, 0.3) is 0 Å². The Hall–Kier alpha value is -0.770. The first-order valence-corrected chi connectivity index (χ1v) is 7.97. The summed E-state index contributed by atoms with van der Waals surface area (Å²) in [5, 5.41) is 13.5. The Labute approximate surface area is 113 Å². The van der Waals surface area contributed by atoms with Crippen LogP contribution in [0.25, 0.3) is 0 Å². The van der Waals surface area contributed by atoms with Crippen molar-refractivity contribution in [3.8, 4) is 0 Å². The Bertz CT molecular complexity index is 433. The highest BCUT2D eigenvalue weighted by Gasteiger charge is 2.69. The summed E-state index contributed by atoms with van der Waals surface area (Å²) in [7, 11) is 0. The number of carbonyl (C=O) groups excluding carboxylic acids is 1. The molecule has 0 aromatic rings. The average molecular weight is 262 g/mol. The van der Waals surface area contributed by atoms with Crippen LogP contribution < -0.4 is 5.32 Å². The molecule has 1 saturated heterocycles. The maximum absolute atomic E-state index is 12.6. The number of aliphatic hydroxyl groups is 1. The fourth-order valence-electron chi connectivity index (χ4n) is 5.88. The minimum atomic E-state index is -0.294. The first kappa shape index (κ1) is 11.0. The zero-order valence-electron chi connectivity index (χ0n) is 11.2. The highest BCUT2D eigenvalue weighted by molar-refractivity contribution is 5.76. The lowest BCUT2D eigenvalue weighted by molar-refractivity contribution is -0.0113. The molecule has 4 bridgehead atoms. The van der Waals surface area contributed by atoms with Crippen LogP contribution in [0.1, 0.15) is 38.5 Å². The summed E-state index contributed by atoms with van der Waals surface area (Å²) in [6, 6.07) is 0.566. The van der Waals surface area contributed by atoms with Crippen molar-refractivity contribution in [2.24, 2.45) is 23.7 Å². The van der Waals surface area contributed by atoms with E-state index >= 15 is 0 Å². The van der Waals surface area contributed by atoms with Gasteiger partial charge in [0.2, 0.25) is 0 Å². The molecule has 0 aromatic heterocycles. The number of nitrogens with zero attached hydrogens (tertiary/aromatic N) is 1. The molecule has 5 saturated carbocycles. The zero-order chi connectivity index (χ0) is 12.8. The standard InChI is InChI=1S/C15H22N2O2/c18-11-2-5-17(15(11)3-1-4-15)14(19)16-13-8-6-9-10(7-8)12(9)13/h8-13,18H,1-7H2,(H,16,19). The molecule has 5 aliphatic carbocycles. The molecule has 1 spiro atoms. The number of rotatable bonds is 1. The van der Waals surface area contributed by atoms with E-state index in [4.69, 9.17) is 0 Å². The molecule has 0 radical (unpaired) electrons. The van der Waals surface area contributed by atoms with Gasteiger partial charge in [0, 0.05) is 12.6 Å². The Morgan fingerprint density at radius 3 is 2.53 bits per heavy atom. The SMILES string of the molecule is O=C(NC1C2CC3C(C2)C31)N1CCC(O)C12CCC2. The molecule has 2 N–H and O–H groups in total. The van der Waals surface area contributed by atoms with Crippen LogP contribution in [-0.2, 0) is 0 Å². The van der Waals surface area contributed by atoms with Gasteiger partial charge in [0.15, 0.2) is 0 Å². The van der Waals surface area contributed by atoms with Gasteiger partial charge >= 0.3 is 6.03 Å². The monoisotopic (exact) mass is 262 g/mol. The van der Waals surface area contributed by atoms with E-state index in [2.05, 4.69) is 5.32 Å². The molecular formula is C15H22N2O2. The van der Waals surface area contributed by atoms with E-state index in [-0.39, 0.29) is 17.7 Å². The predicted octanol–water partition coefficient (Wildman–Crippen LogP) is 1.34. The second kappa shape index (κ2) is 3.27. The van der Waals surface area contributed by atoms with E-state index in [0.717, 1.165) is 55.9 Å². The van der Waals surface area contributed by atoms with Crippen molar-refractivity contribution in [3.05, 3.63) is 0 Å². The molecule has 6 fully saturated rings. The molecule has 104 valence electrons. The molecule has 4 nitrogen and oxygen atoms in total. The third kappa shape index (κ3) is 1.18. The van der Waals surface area contributed by atoms with Gasteiger partial charge in [0.05, 0.1) is 11.6 Å². The first-order valence-electron chi connectivity index (χ1n) is 7.97. The van der Waals surface area contributed by atoms with Gasteiger partial charge in [-0.1, -0.05) is 0 Å². The summed E-state index contributed by atoms with van der Waals surface area (Å²) in [6.45, 7) is 0.738. The summed E-state index contributed by atoms with van der Waals surface area (Å²) >= 11 is 0. The summed E-state index contributed by atoms with van der Waals surface area (Å²) in [5.74, 6) is 3.45. The van der Waals surface area contributed by atoms with Gasteiger partial charge in [-0.05, 0) is 62.2 Å². The molecule has 1 heterocycles. The highest BCUT2D eigenvalue weighted by atomic mass is 16.3. The van der Waals surface area contributed by atoms with Crippen LogP contribution >= 0.6 is 0 Å². The number of urea groups is 1. The van der Waals surface area contributed by atoms with E-state index in [1.54, 1.807) is 0 Å². The van der Waals surface area contributed by atoms with Crippen molar-refractivity contribution in [3.63, 3.8) is 0 Å².